The zero-order chi connectivity index (χ0) is 26.4. The van der Waals surface area contributed by atoms with Gasteiger partial charge in [0.2, 0.25) is 11.8 Å². The highest BCUT2D eigenvalue weighted by Gasteiger charge is 2.36. The Balaban J connectivity index is 1.33. The molecular formula is C27H39N3O4S3. The van der Waals surface area contributed by atoms with Gasteiger partial charge in [-0.1, -0.05) is 39.0 Å². The highest BCUT2D eigenvalue weighted by molar-refractivity contribution is 7.91. The van der Waals surface area contributed by atoms with Gasteiger partial charge in [-0.2, -0.15) is 4.72 Å². The predicted octanol–water partition coefficient (Wildman–Crippen LogP) is 5.41. The molecule has 2 aromatic rings. The molecule has 0 spiro atoms. The largest absolute Gasteiger partial charge is 0.338 e. The summed E-state index contributed by atoms with van der Waals surface area (Å²) in [6, 6.07) is 6.85. The molecular weight excluding hydrogens is 527 g/mol. The van der Waals surface area contributed by atoms with E-state index in [1.54, 1.807) is 22.3 Å². The number of nitrogens with one attached hydrogen (secondary N) is 1. The molecule has 0 aromatic carbocycles. The van der Waals surface area contributed by atoms with Crippen molar-refractivity contribution in [1.29, 1.82) is 0 Å². The van der Waals surface area contributed by atoms with Crippen molar-refractivity contribution in [3.8, 4) is 9.75 Å². The second kappa shape index (κ2) is 12.9. The molecule has 4 rings (SSSR count). The van der Waals surface area contributed by atoms with E-state index in [1.165, 1.54) is 41.9 Å². The summed E-state index contributed by atoms with van der Waals surface area (Å²) in [7, 11) is -3.84. The highest BCUT2D eigenvalue weighted by Crippen LogP contribution is 2.35. The molecule has 1 N–H and O–H groups in total. The third kappa shape index (κ3) is 7.22. The minimum absolute atomic E-state index is 0.0120. The third-order valence-electron chi connectivity index (χ3n) is 7.32. The Morgan fingerprint density at radius 1 is 1.00 bits per heavy atom. The van der Waals surface area contributed by atoms with Crippen molar-refractivity contribution in [3.05, 3.63) is 29.1 Å². The molecule has 37 heavy (non-hydrogen) atoms. The van der Waals surface area contributed by atoms with Crippen molar-refractivity contribution in [2.75, 3.05) is 19.6 Å². The van der Waals surface area contributed by atoms with Crippen molar-refractivity contribution in [3.63, 3.8) is 0 Å². The molecule has 0 saturated carbocycles. The normalized spacial score (nSPS) is 20.6. The van der Waals surface area contributed by atoms with Crippen LogP contribution >= 0.6 is 22.7 Å². The number of sulfonamides is 1. The Kier molecular flexibility index (Phi) is 9.83. The average molecular weight is 566 g/mol. The lowest BCUT2D eigenvalue weighted by atomic mass is 10.0. The summed E-state index contributed by atoms with van der Waals surface area (Å²) >= 11 is 2.83. The van der Waals surface area contributed by atoms with Gasteiger partial charge in [-0.15, -0.1) is 22.7 Å². The second-order valence-electron chi connectivity index (χ2n) is 10.2. The van der Waals surface area contributed by atoms with E-state index in [-0.39, 0.29) is 28.6 Å². The van der Waals surface area contributed by atoms with Crippen LogP contribution in [0.4, 0.5) is 0 Å². The monoisotopic (exact) mass is 565 g/mol. The fraction of sp³-hybridized carbons (Fsp3) is 0.630. The van der Waals surface area contributed by atoms with Crippen LogP contribution in [0.15, 0.2) is 28.5 Å². The molecule has 2 atom stereocenters. The summed E-state index contributed by atoms with van der Waals surface area (Å²) in [4.78, 5) is 33.0. The molecule has 2 aliphatic rings. The van der Waals surface area contributed by atoms with E-state index in [1.807, 2.05) is 30.0 Å². The average Bonchev–Trinajstić information content (AvgIpc) is 3.62. The Labute approximate surface area is 229 Å². The maximum atomic E-state index is 13.2. The van der Waals surface area contributed by atoms with Gasteiger partial charge < -0.3 is 9.80 Å². The van der Waals surface area contributed by atoms with Gasteiger partial charge in [-0.05, 0) is 63.3 Å². The molecule has 7 nitrogen and oxygen atoms in total. The fourth-order valence-electron chi connectivity index (χ4n) is 5.32. The number of rotatable bonds is 12. The van der Waals surface area contributed by atoms with Gasteiger partial charge in [0.05, 0.1) is 6.54 Å². The van der Waals surface area contributed by atoms with E-state index in [9.17, 15) is 18.0 Å². The third-order valence-corrected chi connectivity index (χ3v) is 11.6. The van der Waals surface area contributed by atoms with Crippen molar-refractivity contribution in [2.45, 2.75) is 94.3 Å². The van der Waals surface area contributed by atoms with Crippen LogP contribution in [0.3, 0.4) is 0 Å². The molecule has 0 unspecified atom stereocenters. The van der Waals surface area contributed by atoms with Gasteiger partial charge in [0, 0.05) is 33.8 Å². The quantitative estimate of drug-likeness (QED) is 0.349. The molecule has 0 aliphatic carbocycles. The van der Waals surface area contributed by atoms with Crippen LogP contribution in [0.25, 0.3) is 9.75 Å². The lowest BCUT2D eigenvalue weighted by molar-refractivity contribution is -0.143. The summed E-state index contributed by atoms with van der Waals surface area (Å²) in [5.74, 6) is -0.314. The fourth-order valence-corrected chi connectivity index (χ4v) is 8.82. The Morgan fingerprint density at radius 2 is 1.73 bits per heavy atom. The van der Waals surface area contributed by atoms with Gasteiger partial charge in [-0.3, -0.25) is 9.59 Å². The number of carbonyl (C=O) groups excluding carboxylic acids is 2. The van der Waals surface area contributed by atoms with Crippen molar-refractivity contribution < 1.29 is 18.0 Å². The van der Waals surface area contributed by atoms with Gasteiger partial charge in [0.25, 0.3) is 10.0 Å². The van der Waals surface area contributed by atoms with Gasteiger partial charge in [0.1, 0.15) is 10.3 Å². The number of hydrogen-bond acceptors (Lipinski definition) is 6. The first-order valence-corrected chi connectivity index (χ1v) is 16.7. The molecule has 2 aromatic heterocycles. The first kappa shape index (κ1) is 28.3. The number of piperidine rings is 1. The lowest BCUT2D eigenvalue weighted by Gasteiger charge is -2.34. The number of aryl methyl sites for hydroxylation is 1. The zero-order valence-corrected chi connectivity index (χ0v) is 24.4. The van der Waals surface area contributed by atoms with E-state index < -0.39 is 16.1 Å². The molecule has 204 valence electrons. The molecule has 2 fully saturated rings. The number of nitrogens with zero attached hydrogens (tertiary/aromatic N) is 2. The van der Waals surface area contributed by atoms with Crippen molar-refractivity contribution in [2.24, 2.45) is 0 Å². The molecule has 0 bridgehead atoms. The molecule has 10 heteroatoms. The van der Waals surface area contributed by atoms with Crippen molar-refractivity contribution >= 4 is 44.5 Å². The summed E-state index contributed by atoms with van der Waals surface area (Å²) in [6.45, 7) is 5.50. The molecule has 2 amide bonds. The van der Waals surface area contributed by atoms with Crippen molar-refractivity contribution in [1.82, 2.24) is 14.5 Å². The van der Waals surface area contributed by atoms with Crippen LogP contribution in [-0.4, -0.2) is 61.7 Å². The maximum Gasteiger partial charge on any atom is 0.250 e. The predicted molar refractivity (Wildman–Crippen MR) is 150 cm³/mol. The van der Waals surface area contributed by atoms with Crippen LogP contribution in [-0.2, 0) is 19.6 Å². The van der Waals surface area contributed by atoms with E-state index >= 15 is 0 Å². The van der Waals surface area contributed by atoms with Gasteiger partial charge >= 0.3 is 0 Å². The zero-order valence-electron chi connectivity index (χ0n) is 21.9. The first-order chi connectivity index (χ1) is 17.8. The SMILES string of the molecule is CCCCCCC[C@@H]1CCCN1C(=O)CN1CCC[C@H](NS(=O)(=O)c2ccc(-c3ccc(C)s3)s2)C1=O. The minimum atomic E-state index is -3.84. The van der Waals surface area contributed by atoms with E-state index in [2.05, 4.69) is 11.6 Å². The Bertz CT molecular complexity index is 1170. The summed E-state index contributed by atoms with van der Waals surface area (Å²) in [5.41, 5.74) is 0. The van der Waals surface area contributed by atoms with Crippen LogP contribution in [0, 0.1) is 6.92 Å². The molecule has 0 radical (unpaired) electrons. The van der Waals surface area contributed by atoms with E-state index in [0.717, 1.165) is 42.0 Å². The number of hydrogen-bond donors (Lipinski definition) is 1. The number of thiophene rings is 2. The summed E-state index contributed by atoms with van der Waals surface area (Å²) in [6.07, 6.45) is 10.2. The highest BCUT2D eigenvalue weighted by atomic mass is 32.2. The number of amides is 2. The number of carbonyl (C=O) groups is 2. The smallest absolute Gasteiger partial charge is 0.250 e. The summed E-state index contributed by atoms with van der Waals surface area (Å²) < 4.78 is 29.0. The number of unbranched alkanes of at least 4 members (excludes halogenated alkanes) is 4. The molecule has 2 saturated heterocycles. The van der Waals surface area contributed by atoms with E-state index in [0.29, 0.717) is 19.4 Å². The van der Waals surface area contributed by atoms with Crippen LogP contribution in [0.2, 0.25) is 0 Å². The van der Waals surface area contributed by atoms with Crippen LogP contribution in [0.5, 0.6) is 0 Å². The molecule has 4 heterocycles. The second-order valence-corrected chi connectivity index (χ2v) is 14.5. The molecule has 2 aliphatic heterocycles. The standard InChI is InChI=1S/C27H39N3O4S3/c1-3-4-5-6-7-10-21-11-8-18-30(21)25(31)19-29-17-9-12-22(27(29)32)28-37(33,34)26-16-15-24(36-26)23-14-13-20(2)35-23/h13-16,21-22,28H,3-12,17-19H2,1-2H3/t21-,22+/m1/s1. The van der Waals surface area contributed by atoms with E-state index in [4.69, 9.17) is 0 Å². The first-order valence-electron chi connectivity index (χ1n) is 13.6. The Morgan fingerprint density at radius 3 is 2.49 bits per heavy atom. The topological polar surface area (TPSA) is 86.8 Å². The maximum absolute atomic E-state index is 13.2. The van der Waals surface area contributed by atoms with Gasteiger partial charge in [-0.25, -0.2) is 8.42 Å². The minimum Gasteiger partial charge on any atom is -0.338 e. The van der Waals surface area contributed by atoms with Crippen LogP contribution in [0.1, 0.15) is 76.0 Å². The summed E-state index contributed by atoms with van der Waals surface area (Å²) in [5, 5.41) is 0. The number of likely N-dealkylation sites (tertiary alicyclic amines) is 2. The lowest BCUT2D eigenvalue weighted by Crippen LogP contribution is -2.54. The van der Waals surface area contributed by atoms with Crippen LogP contribution < -0.4 is 4.72 Å². The Hall–Kier alpha value is -1.75. The van der Waals surface area contributed by atoms with Gasteiger partial charge in [0.15, 0.2) is 0 Å².